The molecule has 3 aromatic rings. The molecule has 35 heavy (non-hydrogen) atoms. The average Bonchev–Trinajstić information content (AvgIpc) is 2.85. The normalized spacial score (nSPS) is 11.3. The fraction of sp³-hybridized carbons (Fsp3) is 0.269. The summed E-state index contributed by atoms with van der Waals surface area (Å²) in [5.74, 6) is 0.706. The van der Waals surface area contributed by atoms with E-state index in [1.54, 1.807) is 36.4 Å². The van der Waals surface area contributed by atoms with Crippen LogP contribution in [-0.4, -0.2) is 33.0 Å². The van der Waals surface area contributed by atoms with Crippen molar-refractivity contribution in [1.29, 1.82) is 5.26 Å². The molecule has 184 valence electrons. The van der Waals surface area contributed by atoms with Gasteiger partial charge in [-0.05, 0) is 92.6 Å². The topological polar surface area (TPSA) is 82.4 Å². The highest BCUT2D eigenvalue weighted by atomic mass is 35.5. The highest BCUT2D eigenvalue weighted by Crippen LogP contribution is 2.32. The van der Waals surface area contributed by atoms with Crippen molar-refractivity contribution in [2.24, 2.45) is 0 Å². The van der Waals surface area contributed by atoms with E-state index in [2.05, 4.69) is 23.5 Å². The van der Waals surface area contributed by atoms with Crippen molar-refractivity contribution in [3.05, 3.63) is 81.8 Å². The quantitative estimate of drug-likeness (QED) is 0.296. The molecule has 0 spiro atoms. The average molecular weight is 532 g/mol. The third kappa shape index (κ3) is 7.12. The van der Waals surface area contributed by atoms with E-state index >= 15 is 0 Å². The number of benzene rings is 3. The second-order valence-electron chi connectivity index (χ2n) is 7.85. The lowest BCUT2D eigenvalue weighted by Crippen LogP contribution is -2.24. The van der Waals surface area contributed by atoms with Crippen LogP contribution in [0, 0.1) is 11.3 Å². The molecule has 0 aromatic heterocycles. The molecule has 0 saturated carbocycles. The zero-order chi connectivity index (χ0) is 25.4. The summed E-state index contributed by atoms with van der Waals surface area (Å²) in [6.45, 7) is 7.21. The van der Waals surface area contributed by atoms with Crippen LogP contribution in [0.15, 0.2) is 65.6 Å². The summed E-state index contributed by atoms with van der Waals surface area (Å²) < 4.78 is 34.2. The second kappa shape index (κ2) is 12.3. The van der Waals surface area contributed by atoms with Gasteiger partial charge in [0.15, 0.2) is 0 Å². The lowest BCUT2D eigenvalue weighted by Gasteiger charge is -2.18. The summed E-state index contributed by atoms with van der Waals surface area (Å²) in [6.07, 6.45) is 1.69. The highest BCUT2D eigenvalue weighted by molar-refractivity contribution is 7.92. The monoisotopic (exact) mass is 531 g/mol. The van der Waals surface area contributed by atoms with Gasteiger partial charge in [-0.15, -0.1) is 0 Å². The van der Waals surface area contributed by atoms with E-state index in [4.69, 9.17) is 33.2 Å². The third-order valence-corrected chi connectivity index (χ3v) is 7.71. The maximum Gasteiger partial charge on any atom is 0.261 e. The van der Waals surface area contributed by atoms with Crippen molar-refractivity contribution >= 4 is 38.9 Å². The number of ether oxygens (including phenoxy) is 1. The fourth-order valence-corrected chi connectivity index (χ4v) is 5.03. The number of nitrogens with one attached hydrogen (secondary N) is 1. The van der Waals surface area contributed by atoms with Crippen LogP contribution >= 0.6 is 23.2 Å². The number of hydrogen-bond donors (Lipinski definition) is 1. The molecule has 0 radical (unpaired) electrons. The molecule has 6 nitrogen and oxygen atoms in total. The first-order valence-electron chi connectivity index (χ1n) is 11.3. The van der Waals surface area contributed by atoms with Gasteiger partial charge in [0.2, 0.25) is 0 Å². The summed E-state index contributed by atoms with van der Waals surface area (Å²) in [7, 11) is -3.82. The predicted molar refractivity (Wildman–Crippen MR) is 141 cm³/mol. The SMILES string of the molecule is CCN(CC)CCCc1cc(NS(=O)(=O)c2ccc(Oc3cccc(C#N)c3Cl)cc2)ccc1Cl. The number of hydrogen-bond acceptors (Lipinski definition) is 5. The summed E-state index contributed by atoms with van der Waals surface area (Å²) in [6, 6.07) is 18.0. The summed E-state index contributed by atoms with van der Waals surface area (Å²) >= 11 is 12.5. The highest BCUT2D eigenvalue weighted by Gasteiger charge is 2.16. The van der Waals surface area contributed by atoms with Crippen molar-refractivity contribution in [3.8, 4) is 17.6 Å². The summed E-state index contributed by atoms with van der Waals surface area (Å²) in [5.41, 5.74) is 1.65. The Morgan fingerprint density at radius 3 is 2.40 bits per heavy atom. The molecule has 0 atom stereocenters. The van der Waals surface area contributed by atoms with Gasteiger partial charge >= 0.3 is 0 Å². The van der Waals surface area contributed by atoms with E-state index in [1.807, 2.05) is 6.07 Å². The van der Waals surface area contributed by atoms with E-state index in [0.29, 0.717) is 27.8 Å². The van der Waals surface area contributed by atoms with E-state index < -0.39 is 10.0 Å². The first-order valence-corrected chi connectivity index (χ1v) is 13.5. The van der Waals surface area contributed by atoms with Crippen molar-refractivity contribution in [2.45, 2.75) is 31.6 Å². The van der Waals surface area contributed by atoms with Crippen molar-refractivity contribution in [3.63, 3.8) is 0 Å². The van der Waals surface area contributed by atoms with Crippen LogP contribution in [0.5, 0.6) is 11.5 Å². The Hall–Kier alpha value is -2.76. The molecular formula is C26H27Cl2N3O3S. The Kier molecular flexibility index (Phi) is 9.41. The van der Waals surface area contributed by atoms with E-state index in [9.17, 15) is 8.42 Å². The molecule has 0 aliphatic rings. The second-order valence-corrected chi connectivity index (χ2v) is 10.3. The van der Waals surface area contributed by atoms with Crippen LogP contribution in [-0.2, 0) is 16.4 Å². The minimum absolute atomic E-state index is 0.0831. The Labute approximate surface area is 217 Å². The summed E-state index contributed by atoms with van der Waals surface area (Å²) in [4.78, 5) is 2.42. The van der Waals surface area contributed by atoms with Gasteiger partial charge in [0.05, 0.1) is 10.5 Å². The Bertz CT molecular complexity index is 1300. The Morgan fingerprint density at radius 1 is 1.03 bits per heavy atom. The molecule has 0 heterocycles. The van der Waals surface area contributed by atoms with Gasteiger partial charge in [-0.2, -0.15) is 5.26 Å². The minimum atomic E-state index is -3.82. The maximum atomic E-state index is 12.9. The fourth-order valence-electron chi connectivity index (χ4n) is 3.57. The van der Waals surface area contributed by atoms with Gasteiger partial charge < -0.3 is 9.64 Å². The first-order chi connectivity index (χ1) is 16.8. The number of rotatable bonds is 11. The third-order valence-electron chi connectivity index (χ3n) is 5.56. The molecule has 0 aliphatic carbocycles. The van der Waals surface area contributed by atoms with Crippen LogP contribution < -0.4 is 9.46 Å². The molecule has 0 aliphatic heterocycles. The number of aryl methyl sites for hydroxylation is 1. The van der Waals surface area contributed by atoms with Gasteiger partial charge in [-0.3, -0.25) is 4.72 Å². The molecule has 1 N–H and O–H groups in total. The van der Waals surface area contributed by atoms with Crippen LogP contribution in [0.2, 0.25) is 10.0 Å². The number of nitriles is 1. The molecule has 0 unspecified atom stereocenters. The van der Waals surface area contributed by atoms with Gasteiger partial charge in [0.25, 0.3) is 10.0 Å². The van der Waals surface area contributed by atoms with E-state index in [0.717, 1.165) is 38.0 Å². The molecule has 3 rings (SSSR count). The first kappa shape index (κ1) is 26.8. The maximum absolute atomic E-state index is 12.9. The Morgan fingerprint density at radius 2 is 1.74 bits per heavy atom. The van der Waals surface area contributed by atoms with E-state index in [-0.39, 0.29) is 9.92 Å². The van der Waals surface area contributed by atoms with Crippen molar-refractivity contribution in [2.75, 3.05) is 24.4 Å². The predicted octanol–water partition coefficient (Wildman–Crippen LogP) is 6.73. The molecule has 9 heteroatoms. The van der Waals surface area contributed by atoms with Gasteiger partial charge in [-0.1, -0.05) is 43.1 Å². The van der Waals surface area contributed by atoms with Crippen molar-refractivity contribution < 1.29 is 13.2 Å². The van der Waals surface area contributed by atoms with Crippen LogP contribution in [0.3, 0.4) is 0 Å². The molecule has 3 aromatic carbocycles. The standard InChI is InChI=1S/C26H27Cl2N3O3S/c1-3-31(4-2)16-6-8-19-17-21(10-15-24(19)27)30-35(32,33)23-13-11-22(12-14-23)34-25-9-5-7-20(18-29)26(25)28/h5,7,9-15,17,30H,3-4,6,8,16H2,1-2H3. The van der Waals surface area contributed by atoms with Crippen LogP contribution in [0.25, 0.3) is 0 Å². The lowest BCUT2D eigenvalue weighted by atomic mass is 10.1. The number of nitrogens with zero attached hydrogens (tertiary/aromatic N) is 2. The van der Waals surface area contributed by atoms with Gasteiger partial charge in [-0.25, -0.2) is 8.42 Å². The number of anilines is 1. The largest absolute Gasteiger partial charge is 0.456 e. The molecule has 0 fully saturated rings. The van der Waals surface area contributed by atoms with Crippen molar-refractivity contribution in [1.82, 2.24) is 4.90 Å². The Balaban J connectivity index is 1.70. The minimum Gasteiger partial charge on any atom is -0.456 e. The molecular weight excluding hydrogens is 505 g/mol. The number of halogens is 2. The van der Waals surface area contributed by atoms with E-state index in [1.165, 1.54) is 24.3 Å². The van der Waals surface area contributed by atoms with Crippen LogP contribution in [0.1, 0.15) is 31.4 Å². The zero-order valence-electron chi connectivity index (χ0n) is 19.6. The lowest BCUT2D eigenvalue weighted by molar-refractivity contribution is 0.300. The molecule has 0 amide bonds. The van der Waals surface area contributed by atoms with Gasteiger partial charge in [0, 0.05) is 10.7 Å². The van der Waals surface area contributed by atoms with Crippen LogP contribution in [0.4, 0.5) is 5.69 Å². The summed E-state index contributed by atoms with van der Waals surface area (Å²) in [5, 5.41) is 9.92. The zero-order valence-corrected chi connectivity index (χ0v) is 21.9. The molecule has 0 bridgehead atoms. The van der Waals surface area contributed by atoms with Gasteiger partial charge in [0.1, 0.15) is 22.6 Å². The smallest absolute Gasteiger partial charge is 0.261 e. The number of sulfonamides is 1. The molecule has 0 saturated heterocycles.